The van der Waals surface area contributed by atoms with Gasteiger partial charge >= 0.3 is 0 Å². The van der Waals surface area contributed by atoms with Gasteiger partial charge in [0.25, 0.3) is 0 Å². The van der Waals surface area contributed by atoms with Crippen LogP contribution >= 0.6 is 0 Å². The lowest BCUT2D eigenvalue weighted by Gasteiger charge is -2.13. The second-order valence-electron chi connectivity index (χ2n) is 7.46. The van der Waals surface area contributed by atoms with Crippen LogP contribution in [0.2, 0.25) is 0 Å². The van der Waals surface area contributed by atoms with Crippen molar-refractivity contribution in [2.24, 2.45) is 23.7 Å². The van der Waals surface area contributed by atoms with Crippen LogP contribution in [0.4, 0.5) is 11.6 Å². The van der Waals surface area contributed by atoms with Gasteiger partial charge in [-0.3, -0.25) is 0 Å². The van der Waals surface area contributed by atoms with Crippen molar-refractivity contribution in [3.05, 3.63) is 11.9 Å². The second kappa shape index (κ2) is 4.34. The van der Waals surface area contributed by atoms with Crippen LogP contribution in [0.25, 0.3) is 0 Å². The van der Waals surface area contributed by atoms with Crippen molar-refractivity contribution in [2.45, 2.75) is 51.0 Å². The summed E-state index contributed by atoms with van der Waals surface area (Å²) in [7, 11) is 0. The number of hydrogen-bond donors (Lipinski definition) is 2. The topological polar surface area (TPSA) is 49.8 Å². The van der Waals surface area contributed by atoms with Crippen molar-refractivity contribution in [2.75, 3.05) is 17.2 Å². The fourth-order valence-electron chi connectivity index (χ4n) is 5.02. The molecule has 4 atom stereocenters. The van der Waals surface area contributed by atoms with Crippen molar-refractivity contribution >= 4 is 11.6 Å². The zero-order chi connectivity index (χ0) is 14.0. The highest BCUT2D eigenvalue weighted by molar-refractivity contribution is 5.50. The SMILES string of the molecule is CCNc1cc(NC2C3C4CCC(C4)C23)nc(C2CC2)n1. The lowest BCUT2D eigenvalue weighted by atomic mass is 10.0. The Bertz CT molecular complexity index is 552. The fourth-order valence-corrected chi connectivity index (χ4v) is 5.02. The predicted octanol–water partition coefficient (Wildman–Crippen LogP) is 3.24. The van der Waals surface area contributed by atoms with Crippen molar-refractivity contribution < 1.29 is 0 Å². The van der Waals surface area contributed by atoms with E-state index in [4.69, 9.17) is 4.98 Å². The molecule has 1 aromatic heterocycles. The van der Waals surface area contributed by atoms with E-state index < -0.39 is 0 Å². The molecule has 2 N–H and O–H groups in total. The standard InChI is InChI=1S/C17H24N4/c1-2-18-12-8-13(21-17(20-12)9-3-4-9)19-16-14-10-5-6-11(7-10)15(14)16/h8-11,14-16H,2-7H2,1H3,(H2,18,19,20,21). The average Bonchev–Trinajstić information content (AvgIpc) is 3.37. The van der Waals surface area contributed by atoms with Gasteiger partial charge in [0.15, 0.2) is 0 Å². The van der Waals surface area contributed by atoms with Gasteiger partial charge < -0.3 is 10.6 Å². The Balaban J connectivity index is 1.36. The minimum Gasteiger partial charge on any atom is -0.370 e. The molecule has 5 rings (SSSR count). The van der Waals surface area contributed by atoms with Crippen LogP contribution in [0.3, 0.4) is 0 Å². The number of nitrogens with one attached hydrogen (secondary N) is 2. The van der Waals surface area contributed by atoms with E-state index in [2.05, 4.69) is 28.6 Å². The van der Waals surface area contributed by atoms with Crippen LogP contribution in [0.15, 0.2) is 6.07 Å². The first kappa shape index (κ1) is 12.2. The van der Waals surface area contributed by atoms with Crippen LogP contribution in [-0.4, -0.2) is 22.6 Å². The van der Waals surface area contributed by atoms with Crippen molar-refractivity contribution in [3.63, 3.8) is 0 Å². The lowest BCUT2D eigenvalue weighted by Crippen LogP contribution is -2.15. The molecule has 1 aromatic rings. The molecule has 2 bridgehead atoms. The number of nitrogens with zero attached hydrogens (tertiary/aromatic N) is 2. The molecular weight excluding hydrogens is 260 g/mol. The summed E-state index contributed by atoms with van der Waals surface area (Å²) in [6.45, 7) is 3.04. The molecule has 21 heavy (non-hydrogen) atoms. The predicted molar refractivity (Wildman–Crippen MR) is 83.4 cm³/mol. The third-order valence-electron chi connectivity index (χ3n) is 6.09. The van der Waals surface area contributed by atoms with Crippen LogP contribution in [0.5, 0.6) is 0 Å². The highest BCUT2D eigenvalue weighted by atomic mass is 15.1. The summed E-state index contributed by atoms with van der Waals surface area (Å²) in [5.74, 6) is 7.62. The van der Waals surface area contributed by atoms with Gasteiger partial charge in [-0.05, 0) is 62.7 Å². The van der Waals surface area contributed by atoms with Crippen LogP contribution in [0, 0.1) is 23.7 Å². The van der Waals surface area contributed by atoms with Gasteiger partial charge in [0.2, 0.25) is 0 Å². The molecule has 4 saturated carbocycles. The molecule has 0 aromatic carbocycles. The monoisotopic (exact) mass is 284 g/mol. The molecule has 4 nitrogen and oxygen atoms in total. The van der Waals surface area contributed by atoms with E-state index in [1.165, 1.54) is 32.1 Å². The Morgan fingerprint density at radius 3 is 2.43 bits per heavy atom. The molecule has 4 aliphatic rings. The van der Waals surface area contributed by atoms with E-state index in [1.54, 1.807) is 0 Å². The smallest absolute Gasteiger partial charge is 0.136 e. The van der Waals surface area contributed by atoms with Crippen molar-refractivity contribution in [1.82, 2.24) is 9.97 Å². The maximum Gasteiger partial charge on any atom is 0.136 e. The first-order valence-corrected chi connectivity index (χ1v) is 8.73. The summed E-state index contributed by atoms with van der Waals surface area (Å²) >= 11 is 0. The van der Waals surface area contributed by atoms with E-state index in [-0.39, 0.29) is 0 Å². The summed E-state index contributed by atoms with van der Waals surface area (Å²) in [6.07, 6.45) is 6.97. The van der Waals surface area contributed by atoms with E-state index in [9.17, 15) is 0 Å². The third kappa shape index (κ3) is 1.95. The van der Waals surface area contributed by atoms with Gasteiger partial charge in [-0.2, -0.15) is 0 Å². The van der Waals surface area contributed by atoms with E-state index in [0.29, 0.717) is 12.0 Å². The zero-order valence-electron chi connectivity index (χ0n) is 12.7. The Morgan fingerprint density at radius 1 is 1.05 bits per heavy atom. The van der Waals surface area contributed by atoms with Crippen molar-refractivity contribution in [3.8, 4) is 0 Å². The van der Waals surface area contributed by atoms with Gasteiger partial charge in [-0.1, -0.05) is 0 Å². The number of hydrogen-bond acceptors (Lipinski definition) is 4. The lowest BCUT2D eigenvalue weighted by molar-refractivity contribution is 0.456. The number of rotatable bonds is 5. The molecule has 1 heterocycles. The molecule has 112 valence electrons. The maximum absolute atomic E-state index is 4.79. The minimum atomic E-state index is 0.610. The van der Waals surface area contributed by atoms with Gasteiger partial charge in [-0.25, -0.2) is 9.97 Å². The zero-order valence-corrected chi connectivity index (χ0v) is 12.7. The normalized spacial score (nSPS) is 39.2. The number of aromatic nitrogens is 2. The first-order valence-electron chi connectivity index (χ1n) is 8.73. The number of anilines is 2. The van der Waals surface area contributed by atoms with Gasteiger partial charge in [0.1, 0.15) is 17.5 Å². The largest absolute Gasteiger partial charge is 0.370 e. The Labute approximate surface area is 126 Å². The Morgan fingerprint density at radius 2 is 1.76 bits per heavy atom. The quantitative estimate of drug-likeness (QED) is 0.871. The molecule has 4 unspecified atom stereocenters. The second-order valence-corrected chi connectivity index (χ2v) is 7.46. The molecule has 4 heteroatoms. The number of fused-ring (bicyclic) bond motifs is 5. The Hall–Kier alpha value is -1.32. The van der Waals surface area contributed by atoms with E-state index in [1.807, 2.05) is 0 Å². The van der Waals surface area contributed by atoms with Gasteiger partial charge in [0.05, 0.1) is 0 Å². The van der Waals surface area contributed by atoms with Gasteiger partial charge in [0, 0.05) is 24.6 Å². The third-order valence-corrected chi connectivity index (χ3v) is 6.09. The maximum atomic E-state index is 4.79. The fraction of sp³-hybridized carbons (Fsp3) is 0.765. The molecule has 0 spiro atoms. The van der Waals surface area contributed by atoms with Crippen LogP contribution < -0.4 is 10.6 Å². The molecule has 0 radical (unpaired) electrons. The molecule has 0 aliphatic heterocycles. The molecule has 4 aliphatic carbocycles. The highest BCUT2D eigenvalue weighted by Gasteiger charge is 2.65. The van der Waals surface area contributed by atoms with E-state index >= 15 is 0 Å². The summed E-state index contributed by atoms with van der Waals surface area (Å²) in [6, 6.07) is 2.80. The molecular formula is C17H24N4. The molecule has 0 saturated heterocycles. The molecule has 0 amide bonds. The average molecular weight is 284 g/mol. The van der Waals surface area contributed by atoms with Gasteiger partial charge in [-0.15, -0.1) is 0 Å². The summed E-state index contributed by atoms with van der Waals surface area (Å²) in [4.78, 5) is 9.46. The first-order chi connectivity index (χ1) is 10.3. The summed E-state index contributed by atoms with van der Waals surface area (Å²) < 4.78 is 0. The minimum absolute atomic E-state index is 0.610. The molecule has 4 fully saturated rings. The van der Waals surface area contributed by atoms with Crippen LogP contribution in [0.1, 0.15) is 50.8 Å². The highest BCUT2D eigenvalue weighted by Crippen LogP contribution is 2.66. The summed E-state index contributed by atoms with van der Waals surface area (Å²) in [5, 5.41) is 7.10. The Kier molecular flexibility index (Phi) is 2.53. The van der Waals surface area contributed by atoms with E-state index in [0.717, 1.165) is 47.7 Å². The van der Waals surface area contributed by atoms with Crippen molar-refractivity contribution in [1.29, 1.82) is 0 Å². The summed E-state index contributed by atoms with van der Waals surface area (Å²) in [5.41, 5.74) is 0. The van der Waals surface area contributed by atoms with Crippen LogP contribution in [-0.2, 0) is 0 Å².